The summed E-state index contributed by atoms with van der Waals surface area (Å²) in [7, 11) is 0. The largest absolute Gasteiger partial charge is 0.481 e. The lowest BCUT2D eigenvalue weighted by Gasteiger charge is -2.30. The third-order valence-corrected chi connectivity index (χ3v) is 2.51. The monoisotopic (exact) mass is 176 g/mol. The lowest BCUT2D eigenvalue weighted by molar-refractivity contribution is -0.144. The first-order valence-corrected chi connectivity index (χ1v) is 4.10. The number of aliphatic hydroxyl groups is 1. The molecule has 0 bridgehead atoms. The molecule has 0 aromatic carbocycles. The fourth-order valence-electron chi connectivity index (χ4n) is 1.54. The first-order chi connectivity index (χ1) is 5.57. The summed E-state index contributed by atoms with van der Waals surface area (Å²) < 4.78 is 13.3. The number of aliphatic carboxylic acids is 1. The molecule has 2 N–H and O–H groups in total. The van der Waals surface area contributed by atoms with Gasteiger partial charge in [0.05, 0.1) is 12.5 Å². The fraction of sp³-hybridized carbons (Fsp3) is 0.875. The molecule has 0 aromatic heterocycles. The SMILES string of the molecule is O=C(O)[C@H]1CC[C@@](F)(CO)CC1. The van der Waals surface area contributed by atoms with E-state index in [1.165, 1.54) is 0 Å². The van der Waals surface area contributed by atoms with Crippen LogP contribution in [0.1, 0.15) is 25.7 Å². The molecule has 0 radical (unpaired) electrons. The van der Waals surface area contributed by atoms with Crippen LogP contribution in [-0.2, 0) is 4.79 Å². The number of hydrogen-bond acceptors (Lipinski definition) is 2. The highest BCUT2D eigenvalue weighted by molar-refractivity contribution is 5.70. The molecule has 1 saturated carbocycles. The average Bonchev–Trinajstić information content (AvgIpc) is 2.05. The lowest BCUT2D eigenvalue weighted by atomic mass is 9.80. The van der Waals surface area contributed by atoms with Crippen molar-refractivity contribution in [2.24, 2.45) is 5.92 Å². The Morgan fingerprint density at radius 2 is 2.00 bits per heavy atom. The number of halogens is 1. The van der Waals surface area contributed by atoms with Gasteiger partial charge in [-0.1, -0.05) is 0 Å². The Hall–Kier alpha value is -0.640. The number of rotatable bonds is 2. The van der Waals surface area contributed by atoms with Crippen LogP contribution in [0.3, 0.4) is 0 Å². The van der Waals surface area contributed by atoms with Crippen molar-refractivity contribution in [3.05, 3.63) is 0 Å². The van der Waals surface area contributed by atoms with E-state index in [1.807, 2.05) is 0 Å². The average molecular weight is 176 g/mol. The van der Waals surface area contributed by atoms with Crippen LogP contribution in [0.4, 0.5) is 4.39 Å². The third kappa shape index (κ3) is 1.94. The van der Waals surface area contributed by atoms with Crippen LogP contribution in [0.2, 0.25) is 0 Å². The molecule has 0 spiro atoms. The Kier molecular flexibility index (Phi) is 2.67. The molecule has 1 aliphatic rings. The van der Waals surface area contributed by atoms with Gasteiger partial charge in [-0.05, 0) is 25.7 Å². The van der Waals surface area contributed by atoms with Crippen LogP contribution in [0, 0.1) is 5.92 Å². The highest BCUT2D eigenvalue weighted by atomic mass is 19.1. The summed E-state index contributed by atoms with van der Waals surface area (Å²) in [4.78, 5) is 10.5. The van der Waals surface area contributed by atoms with E-state index in [4.69, 9.17) is 10.2 Å². The second-order valence-electron chi connectivity index (χ2n) is 3.42. The van der Waals surface area contributed by atoms with Crippen molar-refractivity contribution >= 4 is 5.97 Å². The van der Waals surface area contributed by atoms with E-state index in [2.05, 4.69) is 0 Å². The van der Waals surface area contributed by atoms with Crippen molar-refractivity contribution in [3.8, 4) is 0 Å². The topological polar surface area (TPSA) is 57.5 Å². The molecule has 0 amide bonds. The highest BCUT2D eigenvalue weighted by Gasteiger charge is 2.36. The van der Waals surface area contributed by atoms with Crippen LogP contribution < -0.4 is 0 Å². The number of carboxylic acid groups (broad SMARTS) is 1. The van der Waals surface area contributed by atoms with E-state index < -0.39 is 24.2 Å². The second kappa shape index (κ2) is 3.39. The molecule has 3 nitrogen and oxygen atoms in total. The maximum absolute atomic E-state index is 13.3. The lowest BCUT2D eigenvalue weighted by Crippen LogP contribution is -2.35. The fourth-order valence-corrected chi connectivity index (χ4v) is 1.54. The van der Waals surface area contributed by atoms with E-state index in [1.54, 1.807) is 0 Å². The maximum Gasteiger partial charge on any atom is 0.306 e. The zero-order valence-electron chi connectivity index (χ0n) is 6.79. The molecule has 0 atom stereocenters. The Balaban J connectivity index is 2.44. The summed E-state index contributed by atoms with van der Waals surface area (Å²) in [6, 6.07) is 0. The van der Waals surface area contributed by atoms with E-state index in [0.717, 1.165) is 0 Å². The normalized spacial score (nSPS) is 36.3. The van der Waals surface area contributed by atoms with Gasteiger partial charge in [0.15, 0.2) is 0 Å². The standard InChI is InChI=1S/C8H13FO3/c9-8(5-10)3-1-6(2-4-8)7(11)12/h6,10H,1-5H2,(H,11,12)/t6-,8-. The molecule has 4 heteroatoms. The Morgan fingerprint density at radius 3 is 2.33 bits per heavy atom. The summed E-state index contributed by atoms with van der Waals surface area (Å²) in [6.45, 7) is -0.487. The van der Waals surface area contributed by atoms with Gasteiger partial charge in [0, 0.05) is 0 Å². The van der Waals surface area contributed by atoms with Crippen LogP contribution in [0.25, 0.3) is 0 Å². The van der Waals surface area contributed by atoms with E-state index in [0.29, 0.717) is 12.8 Å². The van der Waals surface area contributed by atoms with Gasteiger partial charge in [0.2, 0.25) is 0 Å². The van der Waals surface area contributed by atoms with Crippen LogP contribution in [0.15, 0.2) is 0 Å². The highest BCUT2D eigenvalue weighted by Crippen LogP contribution is 2.34. The molecule has 0 aromatic rings. The number of aliphatic hydroxyl groups excluding tert-OH is 1. The zero-order valence-corrected chi connectivity index (χ0v) is 6.79. The van der Waals surface area contributed by atoms with Gasteiger partial charge in [-0.25, -0.2) is 4.39 Å². The van der Waals surface area contributed by atoms with Crippen LogP contribution in [-0.4, -0.2) is 28.5 Å². The van der Waals surface area contributed by atoms with Gasteiger partial charge in [-0.15, -0.1) is 0 Å². The Morgan fingerprint density at radius 1 is 1.50 bits per heavy atom. The first-order valence-electron chi connectivity index (χ1n) is 4.10. The predicted molar refractivity (Wildman–Crippen MR) is 40.5 cm³/mol. The number of alkyl halides is 1. The van der Waals surface area contributed by atoms with Gasteiger partial charge in [-0.2, -0.15) is 0 Å². The Bertz CT molecular complexity index is 173. The first kappa shape index (κ1) is 9.45. The van der Waals surface area contributed by atoms with Crippen LogP contribution in [0.5, 0.6) is 0 Å². The molecular formula is C8H13FO3. The van der Waals surface area contributed by atoms with Crippen molar-refractivity contribution in [2.75, 3.05) is 6.61 Å². The molecule has 12 heavy (non-hydrogen) atoms. The third-order valence-electron chi connectivity index (χ3n) is 2.51. The molecule has 0 aliphatic heterocycles. The van der Waals surface area contributed by atoms with Gasteiger partial charge >= 0.3 is 5.97 Å². The number of carbonyl (C=O) groups is 1. The van der Waals surface area contributed by atoms with Crippen molar-refractivity contribution in [1.82, 2.24) is 0 Å². The molecule has 0 heterocycles. The molecule has 1 fully saturated rings. The van der Waals surface area contributed by atoms with Gasteiger partial charge in [0.1, 0.15) is 5.67 Å². The van der Waals surface area contributed by atoms with Gasteiger partial charge in [0.25, 0.3) is 0 Å². The minimum Gasteiger partial charge on any atom is -0.481 e. The van der Waals surface area contributed by atoms with E-state index in [9.17, 15) is 9.18 Å². The van der Waals surface area contributed by atoms with Crippen molar-refractivity contribution < 1.29 is 19.4 Å². The summed E-state index contributed by atoms with van der Waals surface area (Å²) in [5.41, 5.74) is -1.52. The maximum atomic E-state index is 13.3. The van der Waals surface area contributed by atoms with E-state index >= 15 is 0 Å². The summed E-state index contributed by atoms with van der Waals surface area (Å²) >= 11 is 0. The molecule has 0 saturated heterocycles. The smallest absolute Gasteiger partial charge is 0.306 e. The number of carboxylic acids is 1. The Labute approximate surface area is 70.2 Å². The summed E-state index contributed by atoms with van der Waals surface area (Å²) in [5.74, 6) is -1.27. The summed E-state index contributed by atoms with van der Waals surface area (Å²) in [5, 5.41) is 17.2. The second-order valence-corrected chi connectivity index (χ2v) is 3.42. The molecule has 1 rings (SSSR count). The van der Waals surface area contributed by atoms with Crippen LogP contribution >= 0.6 is 0 Å². The molecule has 70 valence electrons. The van der Waals surface area contributed by atoms with Crippen molar-refractivity contribution in [1.29, 1.82) is 0 Å². The summed E-state index contributed by atoms with van der Waals surface area (Å²) in [6.07, 6.45) is 1.01. The molecular weight excluding hydrogens is 163 g/mol. The molecule has 1 aliphatic carbocycles. The molecule has 0 unspecified atom stereocenters. The number of hydrogen-bond donors (Lipinski definition) is 2. The van der Waals surface area contributed by atoms with Crippen molar-refractivity contribution in [3.63, 3.8) is 0 Å². The quantitative estimate of drug-likeness (QED) is 0.658. The minimum atomic E-state index is -1.52. The van der Waals surface area contributed by atoms with E-state index in [-0.39, 0.29) is 12.8 Å². The predicted octanol–water partition coefficient (Wildman–Crippen LogP) is 0.962. The zero-order chi connectivity index (χ0) is 9.19. The van der Waals surface area contributed by atoms with Gasteiger partial charge < -0.3 is 10.2 Å². The van der Waals surface area contributed by atoms with Crippen molar-refractivity contribution in [2.45, 2.75) is 31.4 Å². The minimum absolute atomic E-state index is 0.167. The van der Waals surface area contributed by atoms with Gasteiger partial charge in [-0.3, -0.25) is 4.79 Å².